The van der Waals surface area contributed by atoms with Gasteiger partial charge in [0.25, 0.3) is 5.91 Å². The Kier molecular flexibility index (Phi) is 8.57. The van der Waals surface area contributed by atoms with Gasteiger partial charge in [0.15, 0.2) is 6.61 Å². The van der Waals surface area contributed by atoms with E-state index in [1.807, 2.05) is 54.6 Å². The van der Waals surface area contributed by atoms with E-state index in [-0.39, 0.29) is 0 Å². The highest BCUT2D eigenvalue weighted by Gasteiger charge is 2.31. The number of methoxy groups -OCH3 is 1. The molecule has 1 heterocycles. The Balaban J connectivity index is 1.37. The Morgan fingerprint density at radius 2 is 1.63 bits per heavy atom. The number of carbonyl (C=O) groups excluding carboxylic acids is 2. The van der Waals surface area contributed by atoms with Crippen molar-refractivity contribution >= 4 is 33.7 Å². The lowest BCUT2D eigenvalue weighted by Gasteiger charge is -2.25. The maximum atomic E-state index is 13.1. The molecule has 0 aromatic heterocycles. The first-order chi connectivity index (χ1) is 18.3. The van der Waals surface area contributed by atoms with Crippen LogP contribution in [-0.4, -0.2) is 45.6 Å². The molecular formula is C28H27N3O6S. The molecule has 1 aliphatic rings. The molecule has 0 radical (unpaired) electrons. The molecule has 1 atom stereocenters. The number of sulfonamides is 1. The number of hydrazine groups is 1. The number of hydrogen-bond acceptors (Lipinski definition) is 7. The minimum Gasteiger partial charge on any atom is -0.497 e. The van der Waals surface area contributed by atoms with Gasteiger partial charge in [-0.3, -0.25) is 15.0 Å². The number of esters is 1. The number of rotatable bonds is 10. The van der Waals surface area contributed by atoms with E-state index < -0.39 is 41.1 Å². The average molecular weight is 534 g/mol. The van der Waals surface area contributed by atoms with Crippen LogP contribution in [0.2, 0.25) is 0 Å². The van der Waals surface area contributed by atoms with Crippen LogP contribution in [0, 0.1) is 0 Å². The fraction of sp³-hybridized carbons (Fsp3) is 0.143. The van der Waals surface area contributed by atoms with Crippen LogP contribution in [0.3, 0.4) is 0 Å². The Morgan fingerprint density at radius 3 is 2.29 bits per heavy atom. The van der Waals surface area contributed by atoms with Gasteiger partial charge in [-0.05, 0) is 41.0 Å². The minimum absolute atomic E-state index is 0.469. The molecule has 2 N–H and O–H groups in total. The second kappa shape index (κ2) is 12.2. The van der Waals surface area contributed by atoms with Gasteiger partial charge in [-0.25, -0.2) is 18.1 Å². The molecular weight excluding hydrogens is 506 g/mol. The van der Waals surface area contributed by atoms with Crippen molar-refractivity contribution in [2.45, 2.75) is 6.04 Å². The number of nitrogens with one attached hydrogen (secondary N) is 2. The number of benzene rings is 3. The van der Waals surface area contributed by atoms with Crippen molar-refractivity contribution in [3.63, 3.8) is 0 Å². The van der Waals surface area contributed by atoms with Gasteiger partial charge in [0.1, 0.15) is 12.3 Å². The van der Waals surface area contributed by atoms with E-state index in [1.54, 1.807) is 43.5 Å². The predicted molar refractivity (Wildman–Crippen MR) is 143 cm³/mol. The maximum absolute atomic E-state index is 13.1. The van der Waals surface area contributed by atoms with Gasteiger partial charge in [-0.1, -0.05) is 72.8 Å². The third kappa shape index (κ3) is 7.09. The second-order valence-corrected chi connectivity index (χ2v) is 9.93. The normalized spacial score (nSPS) is 15.1. The number of nitrogens with zero attached hydrogens (tertiary/aromatic N) is 1. The first kappa shape index (κ1) is 26.6. The summed E-state index contributed by atoms with van der Waals surface area (Å²) in [6, 6.07) is 25.2. The van der Waals surface area contributed by atoms with Crippen molar-refractivity contribution in [3.05, 3.63) is 113 Å². The van der Waals surface area contributed by atoms with Gasteiger partial charge >= 0.3 is 5.97 Å². The topological polar surface area (TPSA) is 114 Å². The van der Waals surface area contributed by atoms with E-state index in [9.17, 15) is 18.0 Å². The van der Waals surface area contributed by atoms with Gasteiger partial charge in [0.2, 0.25) is 10.0 Å². The predicted octanol–water partition coefficient (Wildman–Crippen LogP) is 3.26. The lowest BCUT2D eigenvalue weighted by molar-refractivity contribution is -0.152. The van der Waals surface area contributed by atoms with E-state index in [1.165, 1.54) is 11.1 Å². The summed E-state index contributed by atoms with van der Waals surface area (Å²) < 4.78 is 36.8. The SMILES string of the molecule is COc1ccc([C@H]2C=C(c3ccccc3)NN2C(=O)COC(=O)CNS(=O)(=O)/C=C/c2ccccc2)cc1. The number of amides is 1. The number of carbonyl (C=O) groups is 2. The molecule has 0 spiro atoms. The van der Waals surface area contributed by atoms with Crippen LogP contribution >= 0.6 is 0 Å². The summed E-state index contributed by atoms with van der Waals surface area (Å²) in [6.07, 6.45) is 3.32. The fourth-order valence-electron chi connectivity index (χ4n) is 3.71. The van der Waals surface area contributed by atoms with E-state index in [2.05, 4.69) is 10.1 Å². The molecule has 3 aromatic carbocycles. The molecule has 10 heteroatoms. The van der Waals surface area contributed by atoms with Crippen LogP contribution in [0.4, 0.5) is 0 Å². The molecule has 0 unspecified atom stereocenters. The minimum atomic E-state index is -3.88. The number of hydrogen-bond donors (Lipinski definition) is 2. The van der Waals surface area contributed by atoms with Crippen LogP contribution in [0.15, 0.2) is 96.4 Å². The molecule has 38 heavy (non-hydrogen) atoms. The Labute approximate surface area is 221 Å². The van der Waals surface area contributed by atoms with Gasteiger partial charge in [0.05, 0.1) is 18.8 Å². The molecule has 0 bridgehead atoms. The molecule has 0 fully saturated rings. The summed E-state index contributed by atoms with van der Waals surface area (Å²) in [6.45, 7) is -1.19. The third-order valence-electron chi connectivity index (χ3n) is 5.67. The Hall–Kier alpha value is -4.41. The molecule has 1 aliphatic heterocycles. The van der Waals surface area contributed by atoms with Gasteiger partial charge in [-0.15, -0.1) is 0 Å². The average Bonchev–Trinajstić information content (AvgIpc) is 3.41. The first-order valence-corrected chi connectivity index (χ1v) is 13.3. The molecule has 1 amide bonds. The summed E-state index contributed by atoms with van der Waals surface area (Å²) in [7, 11) is -2.30. The highest BCUT2D eigenvalue weighted by molar-refractivity contribution is 7.92. The summed E-state index contributed by atoms with van der Waals surface area (Å²) in [5, 5.41) is 2.34. The standard InChI is InChI=1S/C28H27N3O6S/c1-36-24-14-12-23(13-15-24)26-18-25(22-10-6-3-7-11-22)30-31(26)27(32)20-37-28(33)19-29-38(34,35)17-16-21-8-4-2-5-9-21/h2-18,26,29-30H,19-20H2,1H3/b17-16+/t26-/m1/s1. The maximum Gasteiger partial charge on any atom is 0.321 e. The van der Waals surface area contributed by atoms with Crippen LogP contribution < -0.4 is 14.9 Å². The van der Waals surface area contributed by atoms with Crippen molar-refractivity contribution in [1.29, 1.82) is 0 Å². The van der Waals surface area contributed by atoms with Crippen molar-refractivity contribution in [3.8, 4) is 5.75 Å². The molecule has 0 saturated carbocycles. The summed E-state index contributed by atoms with van der Waals surface area (Å²) in [5.41, 5.74) is 6.22. The van der Waals surface area contributed by atoms with Gasteiger partial charge in [0, 0.05) is 5.41 Å². The van der Waals surface area contributed by atoms with Crippen molar-refractivity contribution in [2.75, 3.05) is 20.3 Å². The number of ether oxygens (including phenoxy) is 2. The lowest BCUT2D eigenvalue weighted by atomic mass is 10.0. The molecule has 0 aliphatic carbocycles. The molecule has 3 aromatic rings. The fourth-order valence-corrected chi connectivity index (χ4v) is 4.47. The lowest BCUT2D eigenvalue weighted by Crippen LogP contribution is -2.42. The summed E-state index contributed by atoms with van der Waals surface area (Å²) >= 11 is 0. The third-order valence-corrected chi connectivity index (χ3v) is 6.71. The monoisotopic (exact) mass is 533 g/mol. The van der Waals surface area contributed by atoms with Gasteiger partial charge < -0.3 is 9.47 Å². The quantitative estimate of drug-likeness (QED) is 0.385. The van der Waals surface area contributed by atoms with E-state index in [0.29, 0.717) is 11.3 Å². The van der Waals surface area contributed by atoms with Crippen molar-refractivity contribution in [1.82, 2.24) is 15.2 Å². The van der Waals surface area contributed by atoms with Crippen LogP contribution in [-0.2, 0) is 24.3 Å². The van der Waals surface area contributed by atoms with Crippen LogP contribution in [0.1, 0.15) is 22.7 Å². The smallest absolute Gasteiger partial charge is 0.321 e. The molecule has 196 valence electrons. The highest BCUT2D eigenvalue weighted by Crippen LogP contribution is 2.32. The molecule has 9 nitrogen and oxygen atoms in total. The van der Waals surface area contributed by atoms with Gasteiger partial charge in [-0.2, -0.15) is 0 Å². The Morgan fingerprint density at radius 1 is 0.974 bits per heavy atom. The largest absolute Gasteiger partial charge is 0.497 e. The van der Waals surface area contributed by atoms with E-state index in [4.69, 9.17) is 9.47 Å². The van der Waals surface area contributed by atoms with Crippen LogP contribution in [0.5, 0.6) is 5.75 Å². The van der Waals surface area contributed by atoms with E-state index >= 15 is 0 Å². The van der Waals surface area contributed by atoms with Crippen molar-refractivity contribution in [2.24, 2.45) is 0 Å². The second-order valence-electron chi connectivity index (χ2n) is 8.28. The zero-order chi connectivity index (χ0) is 27.0. The highest BCUT2D eigenvalue weighted by atomic mass is 32.2. The molecule has 0 saturated heterocycles. The van der Waals surface area contributed by atoms with Crippen LogP contribution in [0.25, 0.3) is 11.8 Å². The first-order valence-electron chi connectivity index (χ1n) is 11.7. The van der Waals surface area contributed by atoms with E-state index in [0.717, 1.165) is 22.2 Å². The Bertz CT molecular complexity index is 1420. The zero-order valence-corrected chi connectivity index (χ0v) is 21.4. The van der Waals surface area contributed by atoms with Crippen molar-refractivity contribution < 1.29 is 27.5 Å². The summed E-state index contributed by atoms with van der Waals surface area (Å²) in [5.74, 6) is -0.709. The molecule has 4 rings (SSSR count). The summed E-state index contributed by atoms with van der Waals surface area (Å²) in [4.78, 5) is 25.3. The zero-order valence-electron chi connectivity index (χ0n) is 20.6.